The van der Waals surface area contributed by atoms with Crippen molar-refractivity contribution in [3.63, 3.8) is 0 Å². The summed E-state index contributed by atoms with van der Waals surface area (Å²) in [5, 5.41) is 12.9. The van der Waals surface area contributed by atoms with Crippen LogP contribution in [-0.4, -0.2) is 46.6 Å². The Morgan fingerprint density at radius 3 is 2.26 bits per heavy atom. The van der Waals surface area contributed by atoms with E-state index in [1.54, 1.807) is 6.92 Å². The van der Waals surface area contributed by atoms with E-state index in [2.05, 4.69) is 5.32 Å². The molecule has 3 rings (SSSR count). The molecule has 3 aliphatic rings. The number of hydrogen-bond acceptors (Lipinski definition) is 3. The van der Waals surface area contributed by atoms with Crippen LogP contribution in [0.25, 0.3) is 0 Å². The van der Waals surface area contributed by atoms with Gasteiger partial charge in [0, 0.05) is 18.5 Å². The summed E-state index contributed by atoms with van der Waals surface area (Å²) in [5.74, 6) is 0.525. The molecule has 5 nitrogen and oxygen atoms in total. The molecule has 130 valence electrons. The summed E-state index contributed by atoms with van der Waals surface area (Å²) in [4.78, 5) is 27.1. The molecule has 0 aromatic heterocycles. The van der Waals surface area contributed by atoms with E-state index in [0.29, 0.717) is 5.92 Å². The van der Waals surface area contributed by atoms with E-state index in [1.165, 1.54) is 32.1 Å². The monoisotopic (exact) mass is 322 g/mol. The van der Waals surface area contributed by atoms with E-state index in [4.69, 9.17) is 0 Å². The van der Waals surface area contributed by atoms with Crippen LogP contribution in [0.3, 0.4) is 0 Å². The molecule has 2 unspecified atom stereocenters. The molecule has 0 spiro atoms. The largest absolute Gasteiger partial charge is 0.391 e. The summed E-state index contributed by atoms with van der Waals surface area (Å²) < 4.78 is 0. The van der Waals surface area contributed by atoms with Gasteiger partial charge in [-0.15, -0.1) is 0 Å². The van der Waals surface area contributed by atoms with Crippen LogP contribution in [0.4, 0.5) is 0 Å². The van der Waals surface area contributed by atoms with Gasteiger partial charge in [-0.2, -0.15) is 0 Å². The first kappa shape index (κ1) is 16.7. The van der Waals surface area contributed by atoms with Gasteiger partial charge in [0.2, 0.25) is 11.8 Å². The Bertz CT molecular complexity index is 438. The number of rotatable bonds is 7. The van der Waals surface area contributed by atoms with Crippen LogP contribution in [0, 0.1) is 11.8 Å². The summed E-state index contributed by atoms with van der Waals surface area (Å²) in [5.41, 5.74) is 0. The van der Waals surface area contributed by atoms with Crippen LogP contribution in [0.1, 0.15) is 64.7 Å². The fourth-order valence-electron chi connectivity index (χ4n) is 3.57. The molecule has 0 aliphatic heterocycles. The molecule has 5 heteroatoms. The smallest absolute Gasteiger partial charge is 0.248 e. The van der Waals surface area contributed by atoms with Crippen molar-refractivity contribution < 1.29 is 14.7 Å². The highest BCUT2D eigenvalue weighted by Gasteiger charge is 2.39. The van der Waals surface area contributed by atoms with E-state index in [1.807, 2.05) is 4.90 Å². The molecule has 0 bridgehead atoms. The van der Waals surface area contributed by atoms with Crippen LogP contribution in [-0.2, 0) is 9.59 Å². The highest BCUT2D eigenvalue weighted by atomic mass is 16.3. The highest BCUT2D eigenvalue weighted by Crippen LogP contribution is 2.33. The van der Waals surface area contributed by atoms with E-state index >= 15 is 0 Å². The van der Waals surface area contributed by atoms with Crippen molar-refractivity contribution in [2.75, 3.05) is 6.54 Å². The Hall–Kier alpha value is -1.10. The third kappa shape index (κ3) is 4.46. The van der Waals surface area contributed by atoms with Crippen LogP contribution in [0.15, 0.2) is 0 Å². The third-order valence-electron chi connectivity index (χ3n) is 5.44. The average Bonchev–Trinajstić information content (AvgIpc) is 3.43. The van der Waals surface area contributed by atoms with Crippen molar-refractivity contribution in [2.24, 2.45) is 11.8 Å². The molecule has 3 saturated carbocycles. The molecule has 3 aliphatic carbocycles. The predicted molar refractivity (Wildman–Crippen MR) is 87.6 cm³/mol. The quantitative estimate of drug-likeness (QED) is 0.751. The van der Waals surface area contributed by atoms with Gasteiger partial charge < -0.3 is 15.3 Å². The first-order chi connectivity index (χ1) is 11.1. The Morgan fingerprint density at radius 1 is 1.09 bits per heavy atom. The Morgan fingerprint density at radius 2 is 1.74 bits per heavy atom. The normalized spacial score (nSPS) is 24.8. The molecule has 0 aromatic rings. The molecule has 2 amide bonds. The fourth-order valence-corrected chi connectivity index (χ4v) is 3.57. The molecular formula is C18H30N2O3. The molecular weight excluding hydrogens is 292 g/mol. The molecule has 23 heavy (non-hydrogen) atoms. The molecule has 0 aromatic carbocycles. The van der Waals surface area contributed by atoms with Gasteiger partial charge in [0.25, 0.3) is 0 Å². The minimum Gasteiger partial charge on any atom is -0.391 e. The first-order valence-corrected chi connectivity index (χ1v) is 9.35. The van der Waals surface area contributed by atoms with E-state index in [9.17, 15) is 14.7 Å². The van der Waals surface area contributed by atoms with E-state index in [-0.39, 0.29) is 23.8 Å². The third-order valence-corrected chi connectivity index (χ3v) is 5.44. The number of carbonyl (C=O) groups excluding carboxylic acids is 2. The van der Waals surface area contributed by atoms with Crippen molar-refractivity contribution >= 4 is 11.8 Å². The summed E-state index contributed by atoms with van der Waals surface area (Å²) in [6.07, 6.45) is 9.06. The van der Waals surface area contributed by atoms with Gasteiger partial charge in [-0.3, -0.25) is 9.59 Å². The van der Waals surface area contributed by atoms with Crippen molar-refractivity contribution in [3.05, 3.63) is 0 Å². The zero-order valence-electron chi connectivity index (χ0n) is 14.2. The zero-order valence-corrected chi connectivity index (χ0v) is 14.2. The molecule has 0 saturated heterocycles. The fraction of sp³-hybridized carbons (Fsp3) is 0.889. The standard InChI is InChI=1S/C18H30N2O3/c1-12(21)16(19-17(22)14-9-10-14)18(23)20(11-13-7-8-13)15-5-3-2-4-6-15/h12-16,21H,2-11H2,1H3,(H,19,22). The number of amides is 2. The number of hydrogen-bond donors (Lipinski definition) is 2. The van der Waals surface area contributed by atoms with Gasteiger partial charge >= 0.3 is 0 Å². The average molecular weight is 322 g/mol. The number of aliphatic hydroxyl groups is 1. The first-order valence-electron chi connectivity index (χ1n) is 9.35. The lowest BCUT2D eigenvalue weighted by Gasteiger charge is -2.37. The molecule has 2 N–H and O–H groups in total. The number of nitrogens with one attached hydrogen (secondary N) is 1. The summed E-state index contributed by atoms with van der Waals surface area (Å²) in [7, 11) is 0. The Labute approximate surface area is 138 Å². The second-order valence-corrected chi connectivity index (χ2v) is 7.73. The van der Waals surface area contributed by atoms with Gasteiger partial charge in [-0.25, -0.2) is 0 Å². The summed E-state index contributed by atoms with van der Waals surface area (Å²) in [6, 6.07) is -0.500. The summed E-state index contributed by atoms with van der Waals surface area (Å²) >= 11 is 0. The maximum atomic E-state index is 13.1. The van der Waals surface area contributed by atoms with Crippen molar-refractivity contribution in [2.45, 2.75) is 82.9 Å². The van der Waals surface area contributed by atoms with E-state index in [0.717, 1.165) is 32.2 Å². The van der Waals surface area contributed by atoms with Crippen LogP contribution in [0.5, 0.6) is 0 Å². The van der Waals surface area contributed by atoms with Gasteiger partial charge in [0.1, 0.15) is 6.04 Å². The second-order valence-electron chi connectivity index (χ2n) is 7.73. The van der Waals surface area contributed by atoms with Crippen molar-refractivity contribution in [1.82, 2.24) is 10.2 Å². The molecule has 0 radical (unpaired) electrons. The number of carbonyl (C=O) groups is 2. The molecule has 0 heterocycles. The second kappa shape index (κ2) is 7.20. The minimum absolute atomic E-state index is 0.0515. The van der Waals surface area contributed by atoms with E-state index < -0.39 is 12.1 Å². The van der Waals surface area contributed by atoms with Crippen LogP contribution in [0.2, 0.25) is 0 Å². The lowest BCUT2D eigenvalue weighted by atomic mass is 9.93. The van der Waals surface area contributed by atoms with Gasteiger partial charge in [0.15, 0.2) is 0 Å². The predicted octanol–water partition coefficient (Wildman–Crippen LogP) is 1.83. The van der Waals surface area contributed by atoms with Crippen LogP contribution >= 0.6 is 0 Å². The minimum atomic E-state index is -0.851. The Kier molecular flexibility index (Phi) is 5.24. The lowest BCUT2D eigenvalue weighted by molar-refractivity contribution is -0.142. The maximum absolute atomic E-state index is 13.1. The van der Waals surface area contributed by atoms with Crippen molar-refractivity contribution in [1.29, 1.82) is 0 Å². The topological polar surface area (TPSA) is 69.6 Å². The van der Waals surface area contributed by atoms with Crippen LogP contribution < -0.4 is 5.32 Å². The zero-order chi connectivity index (χ0) is 16.4. The SMILES string of the molecule is CC(O)C(NC(=O)C1CC1)C(=O)N(CC1CC1)C1CCCCC1. The molecule has 3 fully saturated rings. The Balaban J connectivity index is 1.68. The number of nitrogens with zero attached hydrogens (tertiary/aromatic N) is 1. The number of aliphatic hydroxyl groups excluding tert-OH is 1. The van der Waals surface area contributed by atoms with Gasteiger partial charge in [-0.05, 0) is 51.4 Å². The van der Waals surface area contributed by atoms with Gasteiger partial charge in [-0.1, -0.05) is 19.3 Å². The summed E-state index contributed by atoms with van der Waals surface area (Å²) in [6.45, 7) is 2.40. The highest BCUT2D eigenvalue weighted by molar-refractivity contribution is 5.90. The molecule has 2 atom stereocenters. The lowest BCUT2D eigenvalue weighted by Crippen LogP contribution is -2.57. The maximum Gasteiger partial charge on any atom is 0.248 e. The van der Waals surface area contributed by atoms with Gasteiger partial charge in [0.05, 0.1) is 6.10 Å². The van der Waals surface area contributed by atoms with Crippen molar-refractivity contribution in [3.8, 4) is 0 Å².